The monoisotopic (exact) mass is 379 g/mol. The summed E-state index contributed by atoms with van der Waals surface area (Å²) in [5, 5.41) is 3.99. The van der Waals surface area contributed by atoms with Gasteiger partial charge in [-0.2, -0.15) is 0 Å². The van der Waals surface area contributed by atoms with Gasteiger partial charge in [-0.3, -0.25) is 0 Å². The zero-order chi connectivity index (χ0) is 17.8. The van der Waals surface area contributed by atoms with Gasteiger partial charge in [-0.15, -0.1) is 0 Å². The standard InChI is InChI=1S/C18H19Cl2N3O2/c1-25-16-8-3-2-6-14(16)21-18(24)23-11-9-22(10-12-23)15-7-4-5-13(19)17(15)20/h2-8H,9-12H2,1H3,(H,21,24). The topological polar surface area (TPSA) is 44.8 Å². The first-order chi connectivity index (χ1) is 12.1. The van der Waals surface area contributed by atoms with Crippen molar-refractivity contribution in [3.63, 3.8) is 0 Å². The minimum Gasteiger partial charge on any atom is -0.495 e. The predicted octanol–water partition coefficient (Wildman–Crippen LogP) is 4.36. The highest BCUT2D eigenvalue weighted by atomic mass is 35.5. The number of hydrogen-bond donors (Lipinski definition) is 1. The van der Waals surface area contributed by atoms with Crippen LogP contribution in [0, 0.1) is 0 Å². The Balaban J connectivity index is 1.62. The first kappa shape index (κ1) is 17.7. The van der Waals surface area contributed by atoms with Gasteiger partial charge in [-0.05, 0) is 24.3 Å². The number of methoxy groups -OCH3 is 1. The molecule has 0 saturated carbocycles. The van der Waals surface area contributed by atoms with Crippen molar-refractivity contribution in [2.24, 2.45) is 0 Å². The molecule has 132 valence electrons. The van der Waals surface area contributed by atoms with Crippen LogP contribution < -0.4 is 15.0 Å². The van der Waals surface area contributed by atoms with Crippen LogP contribution in [-0.2, 0) is 0 Å². The van der Waals surface area contributed by atoms with Crippen molar-refractivity contribution in [3.8, 4) is 5.75 Å². The van der Waals surface area contributed by atoms with Crippen LogP contribution >= 0.6 is 23.2 Å². The van der Waals surface area contributed by atoms with Crippen molar-refractivity contribution in [2.45, 2.75) is 0 Å². The first-order valence-electron chi connectivity index (χ1n) is 7.98. The second-order valence-corrected chi connectivity index (χ2v) is 6.46. The Hall–Kier alpha value is -2.11. The molecular formula is C18H19Cl2N3O2. The quantitative estimate of drug-likeness (QED) is 0.861. The maximum absolute atomic E-state index is 12.5. The number of nitrogens with one attached hydrogen (secondary N) is 1. The number of urea groups is 1. The molecule has 1 fully saturated rings. The lowest BCUT2D eigenvalue weighted by atomic mass is 10.2. The molecule has 1 aliphatic rings. The third kappa shape index (κ3) is 3.94. The molecule has 1 aliphatic heterocycles. The minimum absolute atomic E-state index is 0.138. The summed E-state index contributed by atoms with van der Waals surface area (Å²) in [6.07, 6.45) is 0. The molecule has 3 rings (SSSR count). The van der Waals surface area contributed by atoms with Gasteiger partial charge < -0.3 is 19.9 Å². The average Bonchev–Trinajstić information content (AvgIpc) is 2.64. The van der Waals surface area contributed by atoms with Gasteiger partial charge in [0.15, 0.2) is 0 Å². The zero-order valence-electron chi connectivity index (χ0n) is 13.8. The second-order valence-electron chi connectivity index (χ2n) is 5.68. The number of piperazine rings is 1. The lowest BCUT2D eigenvalue weighted by Gasteiger charge is -2.36. The summed E-state index contributed by atoms with van der Waals surface area (Å²) in [7, 11) is 1.58. The third-order valence-corrected chi connectivity index (χ3v) is 5.00. The van der Waals surface area contributed by atoms with Crippen LogP contribution in [-0.4, -0.2) is 44.2 Å². The lowest BCUT2D eigenvalue weighted by molar-refractivity contribution is 0.208. The predicted molar refractivity (Wildman–Crippen MR) is 102 cm³/mol. The van der Waals surface area contributed by atoms with Gasteiger partial charge in [-0.1, -0.05) is 41.4 Å². The normalized spacial score (nSPS) is 14.4. The lowest BCUT2D eigenvalue weighted by Crippen LogP contribution is -2.50. The maximum Gasteiger partial charge on any atom is 0.322 e. The summed E-state index contributed by atoms with van der Waals surface area (Å²) in [6, 6.07) is 12.8. The Morgan fingerprint density at radius 3 is 2.48 bits per heavy atom. The molecule has 0 radical (unpaired) electrons. The molecule has 0 unspecified atom stereocenters. The number of rotatable bonds is 3. The maximum atomic E-state index is 12.5. The van der Waals surface area contributed by atoms with E-state index in [0.29, 0.717) is 47.7 Å². The van der Waals surface area contributed by atoms with Gasteiger partial charge in [0.25, 0.3) is 0 Å². The van der Waals surface area contributed by atoms with Crippen LogP contribution in [0.3, 0.4) is 0 Å². The zero-order valence-corrected chi connectivity index (χ0v) is 15.3. The number of para-hydroxylation sites is 2. The van der Waals surface area contributed by atoms with Crippen LogP contribution in [0.25, 0.3) is 0 Å². The van der Waals surface area contributed by atoms with Gasteiger partial charge in [-0.25, -0.2) is 4.79 Å². The van der Waals surface area contributed by atoms with Crippen molar-refractivity contribution in [1.29, 1.82) is 0 Å². The molecule has 5 nitrogen and oxygen atoms in total. The average molecular weight is 380 g/mol. The number of benzene rings is 2. The SMILES string of the molecule is COc1ccccc1NC(=O)N1CCN(c2cccc(Cl)c2Cl)CC1. The molecule has 0 aliphatic carbocycles. The molecule has 2 amide bonds. The van der Waals surface area contributed by atoms with Crippen molar-refractivity contribution in [3.05, 3.63) is 52.5 Å². The number of nitrogens with zero attached hydrogens (tertiary/aromatic N) is 2. The minimum atomic E-state index is -0.138. The van der Waals surface area contributed by atoms with Crippen molar-refractivity contribution >= 4 is 40.6 Å². The summed E-state index contributed by atoms with van der Waals surface area (Å²) < 4.78 is 5.26. The fourth-order valence-electron chi connectivity index (χ4n) is 2.83. The van der Waals surface area contributed by atoms with Gasteiger partial charge >= 0.3 is 6.03 Å². The molecular weight excluding hydrogens is 361 g/mol. The van der Waals surface area contributed by atoms with E-state index in [9.17, 15) is 4.79 Å². The van der Waals surface area contributed by atoms with Crippen molar-refractivity contribution in [1.82, 2.24) is 4.90 Å². The summed E-state index contributed by atoms with van der Waals surface area (Å²) in [6.45, 7) is 2.59. The van der Waals surface area contributed by atoms with Gasteiger partial charge in [0.2, 0.25) is 0 Å². The highest BCUT2D eigenvalue weighted by Crippen LogP contribution is 2.33. The van der Waals surface area contributed by atoms with E-state index in [2.05, 4.69) is 10.2 Å². The number of carbonyl (C=O) groups is 1. The fourth-order valence-corrected chi connectivity index (χ4v) is 3.24. The number of carbonyl (C=O) groups excluding carboxylic acids is 1. The number of hydrogen-bond acceptors (Lipinski definition) is 3. The molecule has 0 atom stereocenters. The Bertz CT molecular complexity index is 762. The number of ether oxygens (including phenoxy) is 1. The summed E-state index contributed by atoms with van der Waals surface area (Å²) in [5.41, 5.74) is 1.56. The van der Waals surface area contributed by atoms with Gasteiger partial charge in [0.05, 0.1) is 28.5 Å². The summed E-state index contributed by atoms with van der Waals surface area (Å²) in [4.78, 5) is 16.4. The molecule has 1 heterocycles. The highest BCUT2D eigenvalue weighted by molar-refractivity contribution is 6.43. The van der Waals surface area contributed by atoms with Crippen LogP contribution in [0.2, 0.25) is 10.0 Å². The molecule has 1 N–H and O–H groups in total. The van der Waals surface area contributed by atoms with Crippen LogP contribution in [0.15, 0.2) is 42.5 Å². The molecule has 0 spiro atoms. The smallest absolute Gasteiger partial charge is 0.322 e. The molecule has 7 heteroatoms. The molecule has 2 aromatic rings. The third-order valence-electron chi connectivity index (χ3n) is 4.19. The van der Waals surface area contributed by atoms with Gasteiger partial charge in [0, 0.05) is 26.2 Å². The number of amides is 2. The molecule has 0 aromatic heterocycles. The van der Waals surface area contributed by atoms with Crippen LogP contribution in [0.5, 0.6) is 5.75 Å². The Morgan fingerprint density at radius 2 is 1.76 bits per heavy atom. The molecule has 0 bridgehead atoms. The second kappa shape index (κ2) is 7.85. The van der Waals surface area contributed by atoms with E-state index >= 15 is 0 Å². The molecule has 2 aromatic carbocycles. The van der Waals surface area contributed by atoms with E-state index in [1.54, 1.807) is 18.1 Å². The van der Waals surface area contributed by atoms with E-state index in [0.717, 1.165) is 5.69 Å². The molecule has 25 heavy (non-hydrogen) atoms. The molecule has 1 saturated heterocycles. The first-order valence-corrected chi connectivity index (χ1v) is 8.73. The van der Waals surface area contributed by atoms with Crippen LogP contribution in [0.4, 0.5) is 16.2 Å². The summed E-state index contributed by atoms with van der Waals surface area (Å²) in [5.74, 6) is 0.639. The number of halogens is 2. The summed E-state index contributed by atoms with van der Waals surface area (Å²) >= 11 is 12.4. The van der Waals surface area contributed by atoms with E-state index in [-0.39, 0.29) is 6.03 Å². The Morgan fingerprint density at radius 1 is 1.04 bits per heavy atom. The Labute approximate surface area is 157 Å². The van der Waals surface area contributed by atoms with Gasteiger partial charge in [0.1, 0.15) is 5.75 Å². The largest absolute Gasteiger partial charge is 0.495 e. The van der Waals surface area contributed by atoms with Crippen molar-refractivity contribution < 1.29 is 9.53 Å². The Kier molecular flexibility index (Phi) is 5.56. The van der Waals surface area contributed by atoms with E-state index < -0.39 is 0 Å². The van der Waals surface area contributed by atoms with Crippen molar-refractivity contribution in [2.75, 3.05) is 43.5 Å². The number of anilines is 2. The van der Waals surface area contributed by atoms with E-state index in [4.69, 9.17) is 27.9 Å². The van der Waals surface area contributed by atoms with E-state index in [1.807, 2.05) is 36.4 Å². The highest BCUT2D eigenvalue weighted by Gasteiger charge is 2.23. The van der Waals surface area contributed by atoms with Crippen LogP contribution in [0.1, 0.15) is 0 Å². The fraction of sp³-hybridized carbons (Fsp3) is 0.278. The van der Waals surface area contributed by atoms with E-state index in [1.165, 1.54) is 0 Å².